The first kappa shape index (κ1) is 19.3. The molecule has 0 aliphatic rings. The molecule has 0 aliphatic carbocycles. The second-order valence-corrected chi connectivity index (χ2v) is 6.99. The van der Waals surface area contributed by atoms with Crippen LogP contribution in [0.25, 0.3) is 22.3 Å². The lowest BCUT2D eigenvalue weighted by molar-refractivity contribution is -0.384. The van der Waals surface area contributed by atoms with E-state index >= 15 is 0 Å². The summed E-state index contributed by atoms with van der Waals surface area (Å²) in [6.45, 7) is 0. The molecule has 2 aromatic heterocycles. The summed E-state index contributed by atoms with van der Waals surface area (Å²) >= 11 is 1.41. The van der Waals surface area contributed by atoms with Gasteiger partial charge in [0.15, 0.2) is 0 Å². The minimum absolute atomic E-state index is 0.00783. The summed E-state index contributed by atoms with van der Waals surface area (Å²) < 4.78 is 6.85. The predicted octanol–water partition coefficient (Wildman–Crippen LogP) is 4.03. The highest BCUT2D eigenvalue weighted by Gasteiger charge is 2.13. The SMILES string of the molecule is COc1ccc(-c2csc3nc(NC(=O)/C=C/c4ccc([N+](=O)[O-])cc4)nn23)cc1. The number of benzene rings is 2. The fourth-order valence-corrected chi connectivity index (χ4v) is 3.56. The Morgan fingerprint density at radius 2 is 1.93 bits per heavy atom. The monoisotopic (exact) mass is 421 g/mol. The van der Waals surface area contributed by atoms with Gasteiger partial charge in [-0.1, -0.05) is 0 Å². The molecule has 0 atom stereocenters. The molecule has 0 aliphatic heterocycles. The molecule has 0 unspecified atom stereocenters. The number of anilines is 1. The third-order valence-corrected chi connectivity index (χ3v) is 5.05. The molecule has 1 N–H and O–H groups in total. The van der Waals surface area contributed by atoms with Gasteiger partial charge < -0.3 is 4.74 Å². The smallest absolute Gasteiger partial charge is 0.269 e. The standard InChI is InChI=1S/C20H15N5O4S/c1-29-16-9-5-14(6-10-16)17-12-30-20-22-19(23-24(17)20)21-18(26)11-4-13-2-7-15(8-3-13)25(27)28/h2-12H,1H3,(H,21,23,26)/b11-4+. The first-order valence-corrected chi connectivity index (χ1v) is 9.63. The Kier molecular flexibility index (Phi) is 5.22. The molecule has 4 aromatic rings. The Morgan fingerprint density at radius 3 is 2.60 bits per heavy atom. The molecule has 9 nitrogen and oxygen atoms in total. The highest BCUT2D eigenvalue weighted by Crippen LogP contribution is 2.27. The Balaban J connectivity index is 1.47. The van der Waals surface area contributed by atoms with E-state index < -0.39 is 10.8 Å². The number of nitrogens with one attached hydrogen (secondary N) is 1. The van der Waals surface area contributed by atoms with Crippen LogP contribution in [0.2, 0.25) is 0 Å². The zero-order valence-electron chi connectivity index (χ0n) is 15.7. The highest BCUT2D eigenvalue weighted by molar-refractivity contribution is 7.15. The van der Waals surface area contributed by atoms with Crippen molar-refractivity contribution in [2.75, 3.05) is 12.4 Å². The second kappa shape index (κ2) is 8.13. The van der Waals surface area contributed by atoms with E-state index in [1.54, 1.807) is 29.8 Å². The number of fused-ring (bicyclic) bond motifs is 1. The van der Waals surface area contributed by atoms with Crippen molar-refractivity contribution in [3.05, 3.63) is 75.7 Å². The van der Waals surface area contributed by atoms with E-state index in [1.807, 2.05) is 29.6 Å². The molecule has 10 heteroatoms. The maximum Gasteiger partial charge on any atom is 0.269 e. The van der Waals surface area contributed by atoms with E-state index in [1.165, 1.54) is 29.5 Å². The van der Waals surface area contributed by atoms with Gasteiger partial charge in [0, 0.05) is 29.2 Å². The maximum atomic E-state index is 12.2. The molecule has 150 valence electrons. The fourth-order valence-electron chi connectivity index (χ4n) is 2.73. The highest BCUT2D eigenvalue weighted by atomic mass is 32.1. The first-order valence-electron chi connectivity index (χ1n) is 8.76. The summed E-state index contributed by atoms with van der Waals surface area (Å²) in [5.41, 5.74) is 2.46. The number of thiazole rings is 1. The summed E-state index contributed by atoms with van der Waals surface area (Å²) in [7, 11) is 1.61. The molecular formula is C20H15N5O4S. The topological polar surface area (TPSA) is 112 Å². The summed E-state index contributed by atoms with van der Waals surface area (Å²) in [6, 6.07) is 13.5. The number of carbonyl (C=O) groups excluding carboxylic acids is 1. The number of carbonyl (C=O) groups is 1. The van der Waals surface area contributed by atoms with Gasteiger partial charge in [0.1, 0.15) is 5.75 Å². The van der Waals surface area contributed by atoms with Gasteiger partial charge in [0.05, 0.1) is 17.7 Å². The molecule has 2 heterocycles. The number of ether oxygens (including phenoxy) is 1. The fraction of sp³-hybridized carbons (Fsp3) is 0.0500. The van der Waals surface area contributed by atoms with Gasteiger partial charge in [-0.15, -0.1) is 16.4 Å². The van der Waals surface area contributed by atoms with Gasteiger partial charge in [-0.2, -0.15) is 4.98 Å². The number of hydrogen-bond donors (Lipinski definition) is 1. The summed E-state index contributed by atoms with van der Waals surface area (Å²) in [4.78, 5) is 27.4. The zero-order valence-corrected chi connectivity index (χ0v) is 16.5. The average Bonchev–Trinajstić information content (AvgIpc) is 3.33. The number of nitro benzene ring substituents is 1. The normalized spacial score (nSPS) is 11.1. The molecule has 1 amide bonds. The van der Waals surface area contributed by atoms with E-state index in [2.05, 4.69) is 15.4 Å². The number of aromatic nitrogens is 3. The first-order chi connectivity index (χ1) is 14.5. The van der Waals surface area contributed by atoms with E-state index in [0.717, 1.165) is 17.0 Å². The number of nitrogens with zero attached hydrogens (tertiary/aromatic N) is 4. The molecule has 0 spiro atoms. The van der Waals surface area contributed by atoms with Crippen LogP contribution in [0.3, 0.4) is 0 Å². The van der Waals surface area contributed by atoms with Gasteiger partial charge >= 0.3 is 0 Å². The molecular weight excluding hydrogens is 406 g/mol. The quantitative estimate of drug-likeness (QED) is 0.286. The second-order valence-electron chi connectivity index (χ2n) is 6.15. The molecule has 0 bridgehead atoms. The Hall–Kier alpha value is -4.05. The largest absolute Gasteiger partial charge is 0.497 e. The maximum absolute atomic E-state index is 12.2. The van der Waals surface area contributed by atoms with Crippen LogP contribution >= 0.6 is 11.3 Å². The van der Waals surface area contributed by atoms with Crippen molar-refractivity contribution in [1.82, 2.24) is 14.6 Å². The number of rotatable bonds is 6. The molecule has 0 saturated heterocycles. The summed E-state index contributed by atoms with van der Waals surface area (Å²) in [6.07, 6.45) is 2.88. The van der Waals surface area contributed by atoms with Crippen molar-refractivity contribution >= 4 is 39.9 Å². The van der Waals surface area contributed by atoms with Crippen LogP contribution in [0.5, 0.6) is 5.75 Å². The van der Waals surface area contributed by atoms with Crippen molar-refractivity contribution in [2.45, 2.75) is 0 Å². The number of hydrogen-bond acceptors (Lipinski definition) is 7. The molecule has 30 heavy (non-hydrogen) atoms. The van der Waals surface area contributed by atoms with Crippen LogP contribution in [0.1, 0.15) is 5.56 Å². The lowest BCUT2D eigenvalue weighted by atomic mass is 10.2. The van der Waals surface area contributed by atoms with Crippen LogP contribution in [0.15, 0.2) is 60.0 Å². The molecule has 2 aromatic carbocycles. The van der Waals surface area contributed by atoms with Crippen molar-refractivity contribution in [1.29, 1.82) is 0 Å². The minimum atomic E-state index is -0.476. The molecule has 0 radical (unpaired) electrons. The van der Waals surface area contributed by atoms with E-state index in [0.29, 0.717) is 10.5 Å². The zero-order chi connectivity index (χ0) is 21.1. The summed E-state index contributed by atoms with van der Waals surface area (Å²) in [5, 5.41) is 19.6. The van der Waals surface area contributed by atoms with Crippen LogP contribution in [0, 0.1) is 10.1 Å². The molecule has 4 rings (SSSR count). The third-order valence-electron chi connectivity index (χ3n) is 4.23. The van der Waals surface area contributed by atoms with Crippen LogP contribution in [-0.2, 0) is 4.79 Å². The van der Waals surface area contributed by atoms with Crippen molar-refractivity contribution < 1.29 is 14.5 Å². The number of methoxy groups -OCH3 is 1. The van der Waals surface area contributed by atoms with Gasteiger partial charge in [-0.25, -0.2) is 4.52 Å². The van der Waals surface area contributed by atoms with Crippen molar-refractivity contribution in [3.63, 3.8) is 0 Å². The van der Waals surface area contributed by atoms with Crippen LogP contribution < -0.4 is 10.1 Å². The van der Waals surface area contributed by atoms with E-state index in [9.17, 15) is 14.9 Å². The predicted molar refractivity (Wildman–Crippen MR) is 114 cm³/mol. The van der Waals surface area contributed by atoms with Crippen LogP contribution in [-0.4, -0.2) is 32.5 Å². The number of non-ortho nitro benzene ring substituents is 1. The van der Waals surface area contributed by atoms with Gasteiger partial charge in [0.25, 0.3) is 17.5 Å². The lowest BCUT2D eigenvalue weighted by Gasteiger charge is -2.01. The third kappa shape index (κ3) is 4.03. The Morgan fingerprint density at radius 1 is 1.20 bits per heavy atom. The van der Waals surface area contributed by atoms with Gasteiger partial charge in [-0.3, -0.25) is 20.2 Å². The summed E-state index contributed by atoms with van der Waals surface area (Å²) in [5.74, 6) is 0.545. The van der Waals surface area contributed by atoms with Crippen LogP contribution in [0.4, 0.5) is 11.6 Å². The number of amides is 1. The van der Waals surface area contributed by atoms with Gasteiger partial charge in [0.2, 0.25) is 4.96 Å². The van der Waals surface area contributed by atoms with Gasteiger partial charge in [-0.05, 0) is 48.0 Å². The minimum Gasteiger partial charge on any atom is -0.497 e. The lowest BCUT2D eigenvalue weighted by Crippen LogP contribution is -2.09. The Labute approximate surface area is 174 Å². The van der Waals surface area contributed by atoms with E-state index in [-0.39, 0.29) is 11.6 Å². The molecule has 0 saturated carbocycles. The van der Waals surface area contributed by atoms with Crippen molar-refractivity contribution in [2.24, 2.45) is 0 Å². The van der Waals surface area contributed by atoms with Crippen molar-refractivity contribution in [3.8, 4) is 17.0 Å². The van der Waals surface area contributed by atoms with E-state index in [4.69, 9.17) is 4.74 Å². The average molecular weight is 421 g/mol. The number of nitro groups is 1. The Bertz CT molecular complexity index is 1240. The molecule has 0 fully saturated rings.